The topological polar surface area (TPSA) is 86.8 Å². The number of aromatic nitrogens is 4. The molecule has 4 heterocycles. The Morgan fingerprint density at radius 1 is 1.06 bits per heavy atom. The van der Waals surface area contributed by atoms with Crippen molar-refractivity contribution in [1.82, 2.24) is 19.1 Å². The molecule has 0 saturated carbocycles. The van der Waals surface area contributed by atoms with Crippen molar-refractivity contribution in [2.75, 3.05) is 12.0 Å². The summed E-state index contributed by atoms with van der Waals surface area (Å²) < 4.78 is 26.4. The second-order valence-corrected chi connectivity index (χ2v) is 10.2. The molecule has 1 aromatic carbocycles. The number of benzene rings is 1. The number of sulfone groups is 1. The molecule has 4 aromatic rings. The Bertz CT molecular complexity index is 1440. The molecule has 0 radical (unpaired) electrons. The molecule has 8 heteroatoms. The van der Waals surface area contributed by atoms with E-state index in [2.05, 4.69) is 16.7 Å². The molecule has 1 aliphatic rings. The van der Waals surface area contributed by atoms with Crippen LogP contribution in [0.1, 0.15) is 23.9 Å². The average molecular weight is 435 g/mol. The Kier molecular flexibility index (Phi) is 4.74. The normalized spacial score (nSPS) is 16.0. The monoisotopic (exact) mass is 434 g/mol. The minimum atomic E-state index is -3.14. The van der Waals surface area contributed by atoms with Gasteiger partial charge in [0, 0.05) is 37.0 Å². The highest BCUT2D eigenvalue weighted by atomic mass is 32.2. The van der Waals surface area contributed by atoms with Crippen molar-refractivity contribution in [3.63, 3.8) is 0 Å². The van der Waals surface area contributed by atoms with Crippen molar-refractivity contribution in [2.24, 2.45) is 0 Å². The van der Waals surface area contributed by atoms with Crippen LogP contribution < -0.4 is 5.56 Å². The van der Waals surface area contributed by atoms with Gasteiger partial charge < -0.3 is 9.13 Å². The van der Waals surface area contributed by atoms with E-state index < -0.39 is 9.84 Å². The predicted octanol–water partition coefficient (Wildman–Crippen LogP) is 2.84. The molecule has 5 rings (SSSR count). The molecule has 0 bridgehead atoms. The molecule has 0 N–H and O–H groups in total. The molecule has 0 unspecified atom stereocenters. The van der Waals surface area contributed by atoms with Gasteiger partial charge in [-0.25, -0.2) is 18.4 Å². The fourth-order valence-electron chi connectivity index (χ4n) is 4.19. The molecule has 7 nitrogen and oxygen atoms in total. The highest BCUT2D eigenvalue weighted by Gasteiger charge is 2.27. The summed E-state index contributed by atoms with van der Waals surface area (Å²) >= 11 is 0. The lowest BCUT2D eigenvalue weighted by atomic mass is 10.0. The van der Waals surface area contributed by atoms with E-state index in [1.807, 2.05) is 30.3 Å². The predicted molar refractivity (Wildman–Crippen MR) is 120 cm³/mol. The summed E-state index contributed by atoms with van der Waals surface area (Å²) in [5.41, 5.74) is 4.06. The van der Waals surface area contributed by atoms with Gasteiger partial charge in [-0.2, -0.15) is 0 Å². The molecule has 0 spiro atoms. The highest BCUT2D eigenvalue weighted by Crippen LogP contribution is 2.35. The summed E-state index contributed by atoms with van der Waals surface area (Å²) in [6, 6.07) is 17.7. The zero-order chi connectivity index (χ0) is 21.6. The fourth-order valence-corrected chi connectivity index (χ4v) is 4.72. The van der Waals surface area contributed by atoms with Crippen LogP contribution in [0.2, 0.25) is 0 Å². The van der Waals surface area contributed by atoms with E-state index in [0.717, 1.165) is 36.1 Å². The van der Waals surface area contributed by atoms with Crippen LogP contribution in [0.5, 0.6) is 0 Å². The van der Waals surface area contributed by atoms with E-state index in [0.29, 0.717) is 11.3 Å². The van der Waals surface area contributed by atoms with E-state index in [4.69, 9.17) is 9.97 Å². The van der Waals surface area contributed by atoms with Crippen molar-refractivity contribution in [3.8, 4) is 11.3 Å². The van der Waals surface area contributed by atoms with Gasteiger partial charge in [-0.1, -0.05) is 30.3 Å². The van der Waals surface area contributed by atoms with Gasteiger partial charge >= 0.3 is 0 Å². The first-order valence-corrected chi connectivity index (χ1v) is 12.3. The molecule has 0 saturated heterocycles. The number of hydrogen-bond acceptors (Lipinski definition) is 5. The molecule has 31 heavy (non-hydrogen) atoms. The smallest absolute Gasteiger partial charge is 0.251 e. The zero-order valence-corrected chi connectivity index (χ0v) is 17.9. The van der Waals surface area contributed by atoms with Crippen LogP contribution in [0.15, 0.2) is 65.6 Å². The van der Waals surface area contributed by atoms with Crippen molar-refractivity contribution >= 4 is 21.0 Å². The summed E-state index contributed by atoms with van der Waals surface area (Å²) in [6.07, 6.45) is 4.69. The number of pyridine rings is 2. The fraction of sp³-hybridized carbons (Fsp3) is 0.261. The van der Waals surface area contributed by atoms with Crippen molar-refractivity contribution in [2.45, 2.75) is 25.4 Å². The van der Waals surface area contributed by atoms with E-state index in [9.17, 15) is 13.2 Å². The maximum Gasteiger partial charge on any atom is 0.251 e. The number of nitrogens with zero attached hydrogens (tertiary/aromatic N) is 4. The Morgan fingerprint density at radius 2 is 1.87 bits per heavy atom. The molecular weight excluding hydrogens is 412 g/mol. The summed E-state index contributed by atoms with van der Waals surface area (Å²) in [4.78, 5) is 22.1. The van der Waals surface area contributed by atoms with Gasteiger partial charge in [0.15, 0.2) is 5.65 Å². The molecular formula is C23H22N4O3S. The summed E-state index contributed by atoms with van der Waals surface area (Å²) in [7, 11) is -3.14. The van der Waals surface area contributed by atoms with Crippen LogP contribution in [-0.2, 0) is 22.8 Å². The Labute approximate surface area is 179 Å². The first-order chi connectivity index (χ1) is 14.9. The molecule has 1 aliphatic heterocycles. The third kappa shape index (κ3) is 3.79. The van der Waals surface area contributed by atoms with Gasteiger partial charge in [0.1, 0.15) is 21.2 Å². The van der Waals surface area contributed by atoms with Crippen LogP contribution in [-0.4, -0.2) is 39.5 Å². The van der Waals surface area contributed by atoms with E-state index >= 15 is 0 Å². The third-order valence-corrected chi connectivity index (χ3v) is 6.67. The Hall–Kier alpha value is -3.26. The third-order valence-electron chi connectivity index (χ3n) is 5.74. The molecule has 0 aliphatic carbocycles. The number of fused-ring (bicyclic) bond motifs is 3. The van der Waals surface area contributed by atoms with Gasteiger partial charge in [0.2, 0.25) is 0 Å². The highest BCUT2D eigenvalue weighted by molar-refractivity contribution is 7.90. The lowest BCUT2D eigenvalue weighted by Gasteiger charge is -2.14. The SMILES string of the molecule is CS(=O)(=O)CCn1ccc(-c2ccc3nc4n(c3n2)[C@@H](c2ccccc2)CC4)cc1=O. The summed E-state index contributed by atoms with van der Waals surface area (Å²) in [6.45, 7) is 0.138. The van der Waals surface area contributed by atoms with Gasteiger partial charge in [-0.15, -0.1) is 0 Å². The molecule has 0 fully saturated rings. The number of aryl methyl sites for hydroxylation is 2. The van der Waals surface area contributed by atoms with Crippen molar-refractivity contribution in [1.29, 1.82) is 0 Å². The van der Waals surface area contributed by atoms with Gasteiger partial charge in [-0.05, 0) is 30.2 Å². The lowest BCUT2D eigenvalue weighted by Crippen LogP contribution is -2.22. The van der Waals surface area contributed by atoms with Crippen LogP contribution in [0.3, 0.4) is 0 Å². The van der Waals surface area contributed by atoms with Crippen LogP contribution >= 0.6 is 0 Å². The minimum Gasteiger partial charge on any atom is -0.314 e. The number of imidazole rings is 1. The molecule has 1 atom stereocenters. The first kappa shape index (κ1) is 19.7. The summed E-state index contributed by atoms with van der Waals surface area (Å²) in [5.74, 6) is 0.962. The quantitative estimate of drug-likeness (QED) is 0.482. The van der Waals surface area contributed by atoms with E-state index in [1.54, 1.807) is 12.3 Å². The van der Waals surface area contributed by atoms with Crippen LogP contribution in [0.4, 0.5) is 0 Å². The average Bonchev–Trinajstić information content (AvgIpc) is 3.32. The first-order valence-electron chi connectivity index (χ1n) is 10.2. The van der Waals surface area contributed by atoms with Crippen molar-refractivity contribution < 1.29 is 8.42 Å². The van der Waals surface area contributed by atoms with E-state index in [1.165, 1.54) is 16.2 Å². The maximum atomic E-state index is 12.5. The molecule has 3 aromatic heterocycles. The molecule has 158 valence electrons. The van der Waals surface area contributed by atoms with E-state index in [-0.39, 0.29) is 23.9 Å². The standard InChI is InChI=1S/C23H22N4O3S/c1-31(29,30)14-13-26-12-11-17(15-22(26)28)18-7-8-19-23(25-18)27-20(9-10-21(27)24-19)16-5-3-2-4-6-16/h2-8,11-12,15,20H,9-10,13-14H2,1H3/t20-/m1/s1. The Morgan fingerprint density at radius 3 is 2.61 bits per heavy atom. The van der Waals surface area contributed by atoms with Crippen LogP contribution in [0, 0.1) is 0 Å². The maximum absolute atomic E-state index is 12.5. The lowest BCUT2D eigenvalue weighted by molar-refractivity contribution is 0.593. The van der Waals surface area contributed by atoms with Crippen LogP contribution in [0.25, 0.3) is 22.4 Å². The van der Waals surface area contributed by atoms with Gasteiger partial charge in [0.25, 0.3) is 5.56 Å². The Balaban J connectivity index is 1.52. The number of hydrogen-bond donors (Lipinski definition) is 0. The zero-order valence-electron chi connectivity index (χ0n) is 17.1. The largest absolute Gasteiger partial charge is 0.314 e. The molecule has 0 amide bonds. The second kappa shape index (κ2) is 7.46. The van der Waals surface area contributed by atoms with Crippen molar-refractivity contribution in [3.05, 3.63) is 82.5 Å². The van der Waals surface area contributed by atoms with Gasteiger partial charge in [-0.3, -0.25) is 4.79 Å². The summed E-state index contributed by atoms with van der Waals surface area (Å²) in [5, 5.41) is 0. The second-order valence-electron chi connectivity index (χ2n) is 7.98. The number of rotatable bonds is 5. The minimum absolute atomic E-state index is 0.0701. The van der Waals surface area contributed by atoms with Gasteiger partial charge in [0.05, 0.1) is 17.5 Å².